The molecule has 0 radical (unpaired) electrons. The van der Waals surface area contributed by atoms with Gasteiger partial charge in [-0.1, -0.05) is 56.3 Å². The molecule has 160 valence electrons. The molecule has 1 N–H and O–H groups in total. The van der Waals surface area contributed by atoms with E-state index in [-0.39, 0.29) is 6.04 Å². The van der Waals surface area contributed by atoms with Crippen molar-refractivity contribution in [1.82, 2.24) is 19.6 Å². The number of hydrogen-bond acceptors (Lipinski definition) is 4. The summed E-state index contributed by atoms with van der Waals surface area (Å²) in [5.41, 5.74) is 2.09. The van der Waals surface area contributed by atoms with Crippen LogP contribution in [-0.2, 0) is 6.54 Å². The maximum Gasteiger partial charge on any atom is 0.407 e. The van der Waals surface area contributed by atoms with Gasteiger partial charge in [-0.25, -0.2) is 4.79 Å². The van der Waals surface area contributed by atoms with E-state index in [1.807, 2.05) is 12.1 Å². The molecule has 2 aromatic heterocycles. The minimum Gasteiger partial charge on any atom is -0.465 e. The predicted molar refractivity (Wildman–Crippen MR) is 115 cm³/mol. The van der Waals surface area contributed by atoms with Gasteiger partial charge >= 0.3 is 6.09 Å². The van der Waals surface area contributed by atoms with Crippen LogP contribution < -0.4 is 0 Å². The summed E-state index contributed by atoms with van der Waals surface area (Å²) in [6, 6.07) is 7.90. The van der Waals surface area contributed by atoms with Crippen LogP contribution in [-0.4, -0.2) is 37.4 Å². The van der Waals surface area contributed by atoms with Gasteiger partial charge in [0.2, 0.25) is 11.7 Å². The molecule has 0 aliphatic carbocycles. The Kier molecular flexibility index (Phi) is 6.35. The molecule has 7 heteroatoms. The van der Waals surface area contributed by atoms with Crippen LogP contribution in [0.15, 0.2) is 35.0 Å². The van der Waals surface area contributed by atoms with E-state index in [4.69, 9.17) is 4.52 Å². The van der Waals surface area contributed by atoms with Crippen molar-refractivity contribution in [3.8, 4) is 11.4 Å². The third-order valence-electron chi connectivity index (χ3n) is 6.03. The fourth-order valence-electron chi connectivity index (χ4n) is 4.41. The molecule has 1 aliphatic heterocycles. The number of carbonyl (C=O) groups is 1. The Labute approximate surface area is 176 Å². The van der Waals surface area contributed by atoms with Crippen molar-refractivity contribution < 1.29 is 14.4 Å². The second kappa shape index (κ2) is 9.32. The Balaban J connectivity index is 1.49. The molecule has 3 heterocycles. The van der Waals surface area contributed by atoms with Crippen LogP contribution in [0.3, 0.4) is 0 Å². The Bertz CT molecular complexity index is 993. The summed E-state index contributed by atoms with van der Waals surface area (Å²) in [4.78, 5) is 17.4. The number of hydrogen-bond donors (Lipinski definition) is 1. The summed E-state index contributed by atoms with van der Waals surface area (Å²) in [5.74, 6) is 0.901. The lowest BCUT2D eigenvalue weighted by Gasteiger charge is -2.17. The van der Waals surface area contributed by atoms with E-state index in [9.17, 15) is 9.90 Å². The molecule has 3 aromatic rings. The fourth-order valence-corrected chi connectivity index (χ4v) is 4.41. The first-order valence-corrected chi connectivity index (χ1v) is 11.1. The molecular formula is C23H30N4O3. The van der Waals surface area contributed by atoms with Gasteiger partial charge in [0.15, 0.2) is 0 Å². The maximum absolute atomic E-state index is 11.4. The summed E-state index contributed by atoms with van der Waals surface area (Å²) in [7, 11) is 0. The summed E-state index contributed by atoms with van der Waals surface area (Å²) in [6.45, 7) is 3.76. The van der Waals surface area contributed by atoms with Gasteiger partial charge in [-0.05, 0) is 31.4 Å². The summed E-state index contributed by atoms with van der Waals surface area (Å²) in [5, 5.41) is 14.6. The average Bonchev–Trinajstić information content (AvgIpc) is 3.49. The third-order valence-corrected chi connectivity index (χ3v) is 6.03. The molecule has 0 spiro atoms. The Hall–Kier alpha value is -2.83. The second-order valence-electron chi connectivity index (χ2n) is 8.11. The molecule has 4 rings (SSSR count). The first-order valence-electron chi connectivity index (χ1n) is 11.1. The lowest BCUT2D eigenvalue weighted by atomic mass is 10.1. The van der Waals surface area contributed by atoms with E-state index in [2.05, 4.69) is 40.0 Å². The van der Waals surface area contributed by atoms with Crippen molar-refractivity contribution in [2.45, 2.75) is 70.9 Å². The highest BCUT2D eigenvalue weighted by Crippen LogP contribution is 2.33. The minimum absolute atomic E-state index is 0.347. The summed E-state index contributed by atoms with van der Waals surface area (Å²) >= 11 is 0. The van der Waals surface area contributed by atoms with Crippen LogP contribution in [0.1, 0.15) is 70.2 Å². The second-order valence-corrected chi connectivity index (χ2v) is 8.11. The van der Waals surface area contributed by atoms with Crippen molar-refractivity contribution in [2.75, 3.05) is 6.54 Å². The number of fused-ring (bicyclic) bond motifs is 1. The Morgan fingerprint density at radius 1 is 1.20 bits per heavy atom. The molecule has 30 heavy (non-hydrogen) atoms. The van der Waals surface area contributed by atoms with Crippen LogP contribution in [0.25, 0.3) is 22.3 Å². The topological polar surface area (TPSA) is 84.4 Å². The van der Waals surface area contributed by atoms with Gasteiger partial charge in [0.1, 0.15) is 6.04 Å². The normalized spacial score (nSPS) is 16.6. The molecule has 1 fully saturated rings. The Morgan fingerprint density at radius 2 is 2.03 bits per heavy atom. The van der Waals surface area contributed by atoms with E-state index in [0.29, 0.717) is 24.7 Å². The van der Waals surface area contributed by atoms with Gasteiger partial charge in [0.05, 0.1) is 0 Å². The largest absolute Gasteiger partial charge is 0.465 e. The SMILES string of the molecule is CCCCCCCCn1ccc2c(-c3noc([C@@H]4CCCN4C(=O)O)n3)cccc21. The molecule has 7 nitrogen and oxygen atoms in total. The van der Waals surface area contributed by atoms with Crippen molar-refractivity contribution >= 4 is 17.0 Å². The number of amides is 1. The number of unbranched alkanes of at least 4 members (excludes halogenated alkanes) is 5. The van der Waals surface area contributed by atoms with Crippen molar-refractivity contribution in [2.24, 2.45) is 0 Å². The molecule has 1 aliphatic rings. The van der Waals surface area contributed by atoms with Gasteiger partial charge in [-0.2, -0.15) is 4.98 Å². The number of aryl methyl sites for hydroxylation is 1. The highest BCUT2D eigenvalue weighted by molar-refractivity contribution is 5.93. The lowest BCUT2D eigenvalue weighted by Crippen LogP contribution is -2.28. The zero-order valence-corrected chi connectivity index (χ0v) is 17.6. The minimum atomic E-state index is -0.939. The number of likely N-dealkylation sites (tertiary alicyclic amines) is 1. The standard InChI is InChI=1S/C23H30N4O3/c1-2-3-4-5-6-7-14-26-16-13-17-18(10-8-11-19(17)26)21-24-22(30-25-21)20-12-9-15-27(20)23(28)29/h8,10-11,13,16,20H,2-7,9,12,14-15H2,1H3,(H,28,29)/t20-/m0/s1. The van der Waals surface area contributed by atoms with E-state index in [0.717, 1.165) is 23.9 Å². The monoisotopic (exact) mass is 410 g/mol. The average molecular weight is 411 g/mol. The smallest absolute Gasteiger partial charge is 0.407 e. The quantitative estimate of drug-likeness (QED) is 0.446. The molecule has 1 amide bonds. The van der Waals surface area contributed by atoms with Gasteiger partial charge < -0.3 is 14.2 Å². The van der Waals surface area contributed by atoms with Crippen molar-refractivity contribution in [3.05, 3.63) is 36.4 Å². The first-order chi connectivity index (χ1) is 14.7. The van der Waals surface area contributed by atoms with Crippen LogP contribution in [0.2, 0.25) is 0 Å². The van der Waals surface area contributed by atoms with Crippen LogP contribution in [0.5, 0.6) is 0 Å². The van der Waals surface area contributed by atoms with Crippen LogP contribution in [0, 0.1) is 0 Å². The molecule has 0 bridgehead atoms. The van der Waals surface area contributed by atoms with E-state index in [1.165, 1.54) is 48.9 Å². The molecule has 1 atom stereocenters. The number of benzene rings is 1. The zero-order chi connectivity index (χ0) is 20.9. The molecular weight excluding hydrogens is 380 g/mol. The van der Waals surface area contributed by atoms with E-state index < -0.39 is 6.09 Å². The first kappa shape index (κ1) is 20.4. The van der Waals surface area contributed by atoms with Crippen molar-refractivity contribution in [3.63, 3.8) is 0 Å². The summed E-state index contributed by atoms with van der Waals surface area (Å²) < 4.78 is 7.77. The fraction of sp³-hybridized carbons (Fsp3) is 0.522. The van der Waals surface area contributed by atoms with E-state index in [1.54, 1.807) is 0 Å². The van der Waals surface area contributed by atoms with E-state index >= 15 is 0 Å². The molecule has 0 saturated carbocycles. The maximum atomic E-state index is 11.4. The lowest BCUT2D eigenvalue weighted by molar-refractivity contribution is 0.131. The summed E-state index contributed by atoms with van der Waals surface area (Å²) in [6.07, 6.45) is 10.4. The number of rotatable bonds is 9. The van der Waals surface area contributed by atoms with Crippen LogP contribution in [0.4, 0.5) is 4.79 Å². The van der Waals surface area contributed by atoms with Gasteiger partial charge in [-0.3, -0.25) is 4.90 Å². The molecule has 1 aromatic carbocycles. The highest BCUT2D eigenvalue weighted by Gasteiger charge is 2.34. The molecule has 1 saturated heterocycles. The number of carboxylic acid groups (broad SMARTS) is 1. The van der Waals surface area contributed by atoms with Gasteiger partial charge in [0, 0.05) is 35.8 Å². The van der Waals surface area contributed by atoms with Crippen molar-refractivity contribution in [1.29, 1.82) is 0 Å². The number of nitrogens with zero attached hydrogens (tertiary/aromatic N) is 4. The Morgan fingerprint density at radius 3 is 2.87 bits per heavy atom. The zero-order valence-electron chi connectivity index (χ0n) is 17.6. The van der Waals surface area contributed by atoms with Gasteiger partial charge in [0.25, 0.3) is 0 Å². The van der Waals surface area contributed by atoms with Crippen LogP contribution >= 0.6 is 0 Å². The molecule has 0 unspecified atom stereocenters. The highest BCUT2D eigenvalue weighted by atomic mass is 16.5. The predicted octanol–water partition coefficient (Wildman–Crippen LogP) is 5.87. The third kappa shape index (κ3) is 4.20. The number of aromatic nitrogens is 3. The van der Waals surface area contributed by atoms with Gasteiger partial charge in [-0.15, -0.1) is 0 Å².